The van der Waals surface area contributed by atoms with Gasteiger partial charge >= 0.3 is 0 Å². The molecule has 1 atom stereocenters. The maximum Gasteiger partial charge on any atom is 0.213 e. The van der Waals surface area contributed by atoms with E-state index in [1.807, 2.05) is 6.92 Å². The van der Waals surface area contributed by atoms with Gasteiger partial charge in [0, 0.05) is 13.6 Å². The van der Waals surface area contributed by atoms with Gasteiger partial charge in [0.15, 0.2) is 0 Å². The second kappa shape index (κ2) is 5.57. The van der Waals surface area contributed by atoms with Crippen molar-refractivity contribution < 1.29 is 13.5 Å². The summed E-state index contributed by atoms with van der Waals surface area (Å²) in [6.45, 7) is 3.88. The molecule has 0 spiro atoms. The largest absolute Gasteiger partial charge is 0.393 e. The Morgan fingerprint density at radius 1 is 1.46 bits per heavy atom. The smallest absolute Gasteiger partial charge is 0.213 e. The summed E-state index contributed by atoms with van der Waals surface area (Å²) in [5.41, 5.74) is 0. The van der Waals surface area contributed by atoms with Gasteiger partial charge < -0.3 is 5.11 Å². The van der Waals surface area contributed by atoms with E-state index in [0.29, 0.717) is 19.4 Å². The summed E-state index contributed by atoms with van der Waals surface area (Å²) in [7, 11) is -1.53. The van der Waals surface area contributed by atoms with Gasteiger partial charge in [0.25, 0.3) is 0 Å². The van der Waals surface area contributed by atoms with Crippen LogP contribution >= 0.6 is 0 Å². The summed E-state index contributed by atoms with van der Waals surface area (Å²) in [5, 5.41) is 8.98. The number of nitrogens with zero attached hydrogens (tertiary/aromatic N) is 1. The molecule has 0 rings (SSSR count). The van der Waals surface area contributed by atoms with Gasteiger partial charge in [-0.2, -0.15) is 0 Å². The molecule has 0 amide bonds. The van der Waals surface area contributed by atoms with Crippen LogP contribution in [0.2, 0.25) is 0 Å². The van der Waals surface area contributed by atoms with E-state index in [1.165, 1.54) is 4.31 Å². The number of hydrogen-bond acceptors (Lipinski definition) is 3. The van der Waals surface area contributed by atoms with Crippen molar-refractivity contribution in [2.45, 2.75) is 32.8 Å². The van der Waals surface area contributed by atoms with Crippen LogP contribution in [-0.4, -0.2) is 43.3 Å². The molecule has 0 saturated carbocycles. The van der Waals surface area contributed by atoms with Crippen LogP contribution in [0.1, 0.15) is 26.7 Å². The highest BCUT2D eigenvalue weighted by atomic mass is 32.2. The van der Waals surface area contributed by atoms with E-state index in [1.54, 1.807) is 14.0 Å². The SMILES string of the molecule is CCCS(=O)(=O)N(C)CCC(C)O. The lowest BCUT2D eigenvalue weighted by molar-refractivity contribution is 0.177. The molecule has 0 bridgehead atoms. The Morgan fingerprint density at radius 3 is 2.38 bits per heavy atom. The Morgan fingerprint density at radius 2 is 2.00 bits per heavy atom. The van der Waals surface area contributed by atoms with E-state index in [2.05, 4.69) is 0 Å². The highest BCUT2D eigenvalue weighted by Crippen LogP contribution is 2.02. The first-order chi connectivity index (χ1) is 5.90. The van der Waals surface area contributed by atoms with E-state index in [9.17, 15) is 8.42 Å². The van der Waals surface area contributed by atoms with Gasteiger partial charge in [0.1, 0.15) is 0 Å². The first-order valence-corrected chi connectivity index (χ1v) is 6.13. The number of aliphatic hydroxyl groups is 1. The van der Waals surface area contributed by atoms with Crippen LogP contribution in [0.5, 0.6) is 0 Å². The number of sulfonamides is 1. The van der Waals surface area contributed by atoms with Crippen molar-refractivity contribution in [2.24, 2.45) is 0 Å². The van der Waals surface area contributed by atoms with Crippen molar-refractivity contribution in [3.63, 3.8) is 0 Å². The van der Waals surface area contributed by atoms with Crippen LogP contribution in [0.3, 0.4) is 0 Å². The first kappa shape index (κ1) is 12.9. The van der Waals surface area contributed by atoms with Gasteiger partial charge in [-0.1, -0.05) is 6.92 Å². The maximum absolute atomic E-state index is 11.4. The summed E-state index contributed by atoms with van der Waals surface area (Å²) >= 11 is 0. The summed E-state index contributed by atoms with van der Waals surface area (Å²) in [6.07, 6.45) is 0.667. The molecule has 0 aromatic carbocycles. The molecule has 0 fully saturated rings. The van der Waals surface area contributed by atoms with Crippen LogP contribution in [0.25, 0.3) is 0 Å². The molecule has 0 aliphatic rings. The van der Waals surface area contributed by atoms with Crippen molar-refractivity contribution >= 4 is 10.0 Å². The maximum atomic E-state index is 11.4. The fourth-order valence-corrected chi connectivity index (χ4v) is 2.13. The minimum Gasteiger partial charge on any atom is -0.393 e. The predicted octanol–water partition coefficient (Wildman–Crippen LogP) is 0.429. The Hall–Kier alpha value is -0.130. The fraction of sp³-hybridized carbons (Fsp3) is 1.00. The third kappa shape index (κ3) is 5.23. The molecule has 80 valence electrons. The number of hydrogen-bond donors (Lipinski definition) is 1. The Bertz CT molecular complexity index is 224. The summed E-state index contributed by atoms with van der Waals surface area (Å²) < 4.78 is 24.1. The molecule has 0 aromatic heterocycles. The Kier molecular flexibility index (Phi) is 5.51. The van der Waals surface area contributed by atoms with Gasteiger partial charge in [-0.05, 0) is 19.8 Å². The quantitative estimate of drug-likeness (QED) is 0.690. The third-order valence-corrected chi connectivity index (χ3v) is 3.86. The molecule has 5 heteroatoms. The van der Waals surface area contributed by atoms with Gasteiger partial charge in [-0.3, -0.25) is 0 Å². The Labute approximate surface area is 80.6 Å². The lowest BCUT2D eigenvalue weighted by atomic mass is 10.3. The average Bonchev–Trinajstić information content (AvgIpc) is 1.99. The van der Waals surface area contributed by atoms with Crippen LogP contribution in [0.4, 0.5) is 0 Å². The molecule has 1 N–H and O–H groups in total. The molecule has 13 heavy (non-hydrogen) atoms. The van der Waals surface area contributed by atoms with Crippen molar-refractivity contribution in [1.29, 1.82) is 0 Å². The number of rotatable bonds is 6. The van der Waals surface area contributed by atoms with E-state index in [0.717, 1.165) is 0 Å². The highest BCUT2D eigenvalue weighted by molar-refractivity contribution is 7.89. The molecule has 0 radical (unpaired) electrons. The van der Waals surface area contributed by atoms with E-state index < -0.39 is 16.1 Å². The van der Waals surface area contributed by atoms with Gasteiger partial charge in [0.05, 0.1) is 11.9 Å². The molecule has 0 aliphatic carbocycles. The van der Waals surface area contributed by atoms with Crippen LogP contribution in [-0.2, 0) is 10.0 Å². The normalized spacial score (nSPS) is 14.8. The molecule has 1 unspecified atom stereocenters. The van der Waals surface area contributed by atoms with Crippen molar-refractivity contribution in [2.75, 3.05) is 19.3 Å². The van der Waals surface area contributed by atoms with E-state index in [4.69, 9.17) is 5.11 Å². The molecule has 4 nitrogen and oxygen atoms in total. The van der Waals surface area contributed by atoms with Gasteiger partial charge in [0.2, 0.25) is 10.0 Å². The molecular weight excluding hydrogens is 190 g/mol. The minimum absolute atomic E-state index is 0.184. The second-order valence-corrected chi connectivity index (χ2v) is 5.47. The lowest BCUT2D eigenvalue weighted by Gasteiger charge is -2.17. The van der Waals surface area contributed by atoms with Gasteiger partial charge in [-0.15, -0.1) is 0 Å². The molecule has 0 aliphatic heterocycles. The van der Waals surface area contributed by atoms with E-state index in [-0.39, 0.29) is 5.75 Å². The third-order valence-electron chi connectivity index (χ3n) is 1.80. The van der Waals surface area contributed by atoms with Crippen molar-refractivity contribution in [3.8, 4) is 0 Å². The summed E-state index contributed by atoms with van der Waals surface area (Å²) in [4.78, 5) is 0. The predicted molar refractivity (Wildman–Crippen MR) is 53.0 cm³/mol. The van der Waals surface area contributed by atoms with Gasteiger partial charge in [-0.25, -0.2) is 12.7 Å². The fourth-order valence-electron chi connectivity index (χ4n) is 0.922. The highest BCUT2D eigenvalue weighted by Gasteiger charge is 2.16. The number of aliphatic hydroxyl groups excluding tert-OH is 1. The zero-order chi connectivity index (χ0) is 10.5. The zero-order valence-electron chi connectivity index (χ0n) is 8.52. The molecule has 0 heterocycles. The van der Waals surface area contributed by atoms with E-state index >= 15 is 0 Å². The second-order valence-electron chi connectivity index (χ2n) is 3.28. The van der Waals surface area contributed by atoms with Crippen LogP contribution < -0.4 is 0 Å². The summed E-state index contributed by atoms with van der Waals surface area (Å²) in [6, 6.07) is 0. The molecule has 0 saturated heterocycles. The zero-order valence-corrected chi connectivity index (χ0v) is 9.34. The monoisotopic (exact) mass is 209 g/mol. The first-order valence-electron chi connectivity index (χ1n) is 4.52. The molecular formula is C8H19NO3S. The summed E-state index contributed by atoms with van der Waals surface area (Å²) in [5.74, 6) is 0.184. The van der Waals surface area contributed by atoms with Crippen molar-refractivity contribution in [1.82, 2.24) is 4.31 Å². The average molecular weight is 209 g/mol. The Balaban J connectivity index is 4.02. The van der Waals surface area contributed by atoms with Crippen LogP contribution in [0.15, 0.2) is 0 Å². The minimum atomic E-state index is -3.08. The lowest BCUT2D eigenvalue weighted by Crippen LogP contribution is -2.31. The van der Waals surface area contributed by atoms with Crippen LogP contribution in [0, 0.1) is 0 Å². The molecule has 0 aromatic rings. The van der Waals surface area contributed by atoms with Crippen molar-refractivity contribution in [3.05, 3.63) is 0 Å². The standard InChI is InChI=1S/C8H19NO3S/c1-4-7-13(11,12)9(3)6-5-8(2)10/h8,10H,4-7H2,1-3H3. The topological polar surface area (TPSA) is 57.6 Å².